The minimum atomic E-state index is -1.16. The fourth-order valence-electron chi connectivity index (χ4n) is 0.589. The molecule has 0 radical (unpaired) electrons. The molecule has 0 aliphatic heterocycles. The van der Waals surface area contributed by atoms with Gasteiger partial charge in [0, 0.05) is 5.92 Å². The highest BCUT2D eigenvalue weighted by Gasteiger charge is 2.12. The SMILES string of the molecule is C=CC#CC(C)(C)OCC#CC(=O)O. The van der Waals surface area contributed by atoms with E-state index in [-0.39, 0.29) is 6.61 Å². The van der Waals surface area contributed by atoms with Crippen molar-refractivity contribution >= 4 is 5.97 Å². The van der Waals surface area contributed by atoms with E-state index in [4.69, 9.17) is 9.84 Å². The molecule has 0 aromatic heterocycles. The van der Waals surface area contributed by atoms with Gasteiger partial charge in [-0.3, -0.25) is 0 Å². The highest BCUT2D eigenvalue weighted by molar-refractivity contribution is 5.86. The molecule has 0 spiro atoms. The Morgan fingerprint density at radius 3 is 2.79 bits per heavy atom. The Hall–Kier alpha value is -1.71. The summed E-state index contributed by atoms with van der Waals surface area (Å²) >= 11 is 0. The molecule has 1 N–H and O–H groups in total. The van der Waals surface area contributed by atoms with E-state index in [1.54, 1.807) is 13.8 Å². The molecule has 0 aliphatic carbocycles. The molecule has 0 saturated heterocycles. The van der Waals surface area contributed by atoms with Gasteiger partial charge < -0.3 is 9.84 Å². The standard InChI is InChI=1S/C11H12O3/c1-4-5-8-11(2,3)14-9-6-7-10(12)13/h4H,1,9H2,2-3H3,(H,12,13). The second-order valence-corrected chi connectivity index (χ2v) is 2.88. The van der Waals surface area contributed by atoms with Crippen molar-refractivity contribution in [1.29, 1.82) is 0 Å². The van der Waals surface area contributed by atoms with Crippen molar-refractivity contribution in [2.24, 2.45) is 0 Å². The second-order valence-electron chi connectivity index (χ2n) is 2.88. The molecular formula is C11H12O3. The highest BCUT2D eigenvalue weighted by atomic mass is 16.5. The van der Waals surface area contributed by atoms with Gasteiger partial charge in [-0.25, -0.2) is 4.79 Å². The molecule has 0 amide bonds. The summed E-state index contributed by atoms with van der Waals surface area (Å²) in [7, 11) is 0. The van der Waals surface area contributed by atoms with E-state index in [1.807, 2.05) is 5.92 Å². The predicted octanol–water partition coefficient (Wildman–Crippen LogP) is 1.06. The van der Waals surface area contributed by atoms with Gasteiger partial charge in [0.15, 0.2) is 0 Å². The van der Waals surface area contributed by atoms with E-state index in [0.29, 0.717) is 0 Å². The first kappa shape index (κ1) is 12.3. The number of aliphatic carboxylic acids is 1. The van der Waals surface area contributed by atoms with Gasteiger partial charge in [-0.05, 0) is 19.9 Å². The number of carboxylic acids is 1. The van der Waals surface area contributed by atoms with E-state index in [0.717, 1.165) is 0 Å². The van der Waals surface area contributed by atoms with Crippen LogP contribution in [0.1, 0.15) is 13.8 Å². The number of carboxylic acid groups (broad SMARTS) is 1. The van der Waals surface area contributed by atoms with Crippen LogP contribution >= 0.6 is 0 Å². The molecule has 0 bridgehead atoms. The van der Waals surface area contributed by atoms with Gasteiger partial charge in [0.2, 0.25) is 0 Å². The lowest BCUT2D eigenvalue weighted by Crippen LogP contribution is -2.22. The average molecular weight is 192 g/mol. The van der Waals surface area contributed by atoms with Crippen LogP contribution in [-0.4, -0.2) is 23.3 Å². The summed E-state index contributed by atoms with van der Waals surface area (Å²) in [5.41, 5.74) is -0.638. The lowest BCUT2D eigenvalue weighted by molar-refractivity contribution is -0.130. The number of carbonyl (C=O) groups is 1. The van der Waals surface area contributed by atoms with Crippen molar-refractivity contribution in [3.05, 3.63) is 12.7 Å². The molecule has 0 atom stereocenters. The van der Waals surface area contributed by atoms with Gasteiger partial charge in [0.25, 0.3) is 0 Å². The Balaban J connectivity index is 4.08. The first-order valence-electron chi connectivity index (χ1n) is 3.97. The summed E-state index contributed by atoms with van der Waals surface area (Å²) in [6, 6.07) is 0. The van der Waals surface area contributed by atoms with E-state index in [2.05, 4.69) is 24.3 Å². The quantitative estimate of drug-likeness (QED) is 0.665. The van der Waals surface area contributed by atoms with Crippen molar-refractivity contribution < 1.29 is 14.6 Å². The molecular weight excluding hydrogens is 180 g/mol. The Kier molecular flexibility index (Phi) is 5.14. The van der Waals surface area contributed by atoms with Crippen molar-refractivity contribution in [3.63, 3.8) is 0 Å². The zero-order valence-electron chi connectivity index (χ0n) is 8.26. The summed E-state index contributed by atoms with van der Waals surface area (Å²) in [5, 5.41) is 8.21. The number of rotatable bonds is 2. The first-order chi connectivity index (χ1) is 6.48. The number of allylic oxidation sites excluding steroid dienone is 1. The van der Waals surface area contributed by atoms with Crippen molar-refractivity contribution in [2.75, 3.05) is 6.61 Å². The lowest BCUT2D eigenvalue weighted by atomic mass is 10.1. The maximum Gasteiger partial charge on any atom is 0.381 e. The minimum Gasteiger partial charge on any atom is -0.472 e. The third-order valence-corrected chi connectivity index (χ3v) is 1.18. The minimum absolute atomic E-state index is 0.0467. The van der Waals surface area contributed by atoms with Crippen LogP contribution in [-0.2, 0) is 9.53 Å². The molecule has 14 heavy (non-hydrogen) atoms. The maximum absolute atomic E-state index is 10.0. The summed E-state index contributed by atoms with van der Waals surface area (Å²) in [6.07, 6.45) is 1.47. The zero-order chi connectivity index (χ0) is 11.0. The molecule has 0 fully saturated rings. The van der Waals surface area contributed by atoms with E-state index in [1.165, 1.54) is 6.08 Å². The van der Waals surface area contributed by atoms with Gasteiger partial charge in [-0.15, -0.1) is 0 Å². The van der Waals surface area contributed by atoms with Gasteiger partial charge in [-0.2, -0.15) is 0 Å². The number of ether oxygens (including phenoxy) is 1. The van der Waals surface area contributed by atoms with Crippen LogP contribution in [0, 0.1) is 23.7 Å². The van der Waals surface area contributed by atoms with Gasteiger partial charge >= 0.3 is 5.97 Å². The van der Waals surface area contributed by atoms with E-state index >= 15 is 0 Å². The monoisotopic (exact) mass is 192 g/mol. The molecule has 3 nitrogen and oxygen atoms in total. The molecule has 74 valence electrons. The van der Waals surface area contributed by atoms with Crippen LogP contribution < -0.4 is 0 Å². The van der Waals surface area contributed by atoms with Crippen molar-refractivity contribution in [3.8, 4) is 23.7 Å². The summed E-state index contributed by atoms with van der Waals surface area (Å²) in [6.45, 7) is 7.03. The first-order valence-corrected chi connectivity index (χ1v) is 3.97. The van der Waals surface area contributed by atoms with Crippen LogP contribution in [0.2, 0.25) is 0 Å². The van der Waals surface area contributed by atoms with Crippen LogP contribution in [0.15, 0.2) is 12.7 Å². The third kappa shape index (κ3) is 6.97. The summed E-state index contributed by atoms with van der Waals surface area (Å²) in [5.74, 6) is 8.59. The Morgan fingerprint density at radius 2 is 2.29 bits per heavy atom. The third-order valence-electron chi connectivity index (χ3n) is 1.18. The molecule has 0 heterocycles. The molecule has 0 saturated carbocycles. The predicted molar refractivity (Wildman–Crippen MR) is 53.4 cm³/mol. The molecule has 0 aliphatic rings. The molecule has 0 rings (SSSR count). The number of hydrogen-bond acceptors (Lipinski definition) is 2. The van der Waals surface area contributed by atoms with Crippen LogP contribution in [0.3, 0.4) is 0 Å². The largest absolute Gasteiger partial charge is 0.472 e. The average Bonchev–Trinajstić information content (AvgIpc) is 2.09. The van der Waals surface area contributed by atoms with Gasteiger partial charge in [0.05, 0.1) is 0 Å². The lowest BCUT2D eigenvalue weighted by Gasteiger charge is -2.16. The van der Waals surface area contributed by atoms with E-state index < -0.39 is 11.6 Å². The van der Waals surface area contributed by atoms with Crippen molar-refractivity contribution in [2.45, 2.75) is 19.4 Å². The number of hydrogen-bond donors (Lipinski definition) is 1. The topological polar surface area (TPSA) is 46.5 Å². The Bertz CT molecular complexity index is 331. The Labute approximate surface area is 83.8 Å². The van der Waals surface area contributed by atoms with Crippen LogP contribution in [0.4, 0.5) is 0 Å². The fraction of sp³-hybridized carbons (Fsp3) is 0.364. The molecule has 0 aromatic carbocycles. The van der Waals surface area contributed by atoms with Crippen LogP contribution in [0.5, 0.6) is 0 Å². The normalized spacial score (nSPS) is 9.00. The second kappa shape index (κ2) is 5.85. The summed E-state index contributed by atoms with van der Waals surface area (Å²) in [4.78, 5) is 10.0. The fourth-order valence-corrected chi connectivity index (χ4v) is 0.589. The maximum atomic E-state index is 10.0. The van der Waals surface area contributed by atoms with Crippen LogP contribution in [0.25, 0.3) is 0 Å². The highest BCUT2D eigenvalue weighted by Crippen LogP contribution is 2.05. The van der Waals surface area contributed by atoms with Gasteiger partial charge in [0.1, 0.15) is 12.2 Å². The zero-order valence-corrected chi connectivity index (χ0v) is 8.26. The van der Waals surface area contributed by atoms with Crippen molar-refractivity contribution in [1.82, 2.24) is 0 Å². The molecule has 0 unspecified atom stereocenters. The molecule has 3 heteroatoms. The smallest absolute Gasteiger partial charge is 0.381 e. The molecule has 0 aromatic rings. The van der Waals surface area contributed by atoms with E-state index in [9.17, 15) is 4.79 Å². The summed E-state index contributed by atoms with van der Waals surface area (Å²) < 4.78 is 5.22. The Morgan fingerprint density at radius 1 is 1.64 bits per heavy atom. The van der Waals surface area contributed by atoms with Gasteiger partial charge in [-0.1, -0.05) is 24.3 Å².